The van der Waals surface area contributed by atoms with Crippen molar-refractivity contribution in [2.75, 3.05) is 6.79 Å². The predicted octanol–water partition coefficient (Wildman–Crippen LogP) is 3.27. The molecule has 1 amide bonds. The fourth-order valence-corrected chi connectivity index (χ4v) is 2.34. The first-order valence-electron chi connectivity index (χ1n) is 7.99. The van der Waals surface area contributed by atoms with E-state index >= 15 is 0 Å². The van der Waals surface area contributed by atoms with Crippen LogP contribution >= 0.6 is 0 Å². The van der Waals surface area contributed by atoms with Gasteiger partial charge < -0.3 is 19.5 Å². The van der Waals surface area contributed by atoms with E-state index in [1.165, 1.54) is 0 Å². The Bertz CT molecular complexity index is 710. The molecule has 0 saturated carbocycles. The minimum Gasteiger partial charge on any atom is -0.454 e. The maximum Gasteiger partial charge on any atom is 0.251 e. The van der Waals surface area contributed by atoms with Gasteiger partial charge in [0.05, 0.1) is 12.7 Å². The van der Waals surface area contributed by atoms with E-state index in [4.69, 9.17) is 14.2 Å². The van der Waals surface area contributed by atoms with Gasteiger partial charge in [-0.3, -0.25) is 4.79 Å². The van der Waals surface area contributed by atoms with E-state index in [0.29, 0.717) is 30.2 Å². The Kier molecular flexibility index (Phi) is 5.01. The number of benzene rings is 2. The summed E-state index contributed by atoms with van der Waals surface area (Å²) in [6.07, 6.45) is 0.214. The Hall–Kier alpha value is -2.53. The SMILES string of the molecule is CC(C)OCc1ccc(CNC(=O)c2ccc3c(c2)OCO3)cc1. The first-order valence-corrected chi connectivity index (χ1v) is 7.99. The fraction of sp³-hybridized carbons (Fsp3) is 0.316. The molecule has 1 aliphatic rings. The van der Waals surface area contributed by atoms with Crippen LogP contribution in [-0.2, 0) is 17.9 Å². The molecule has 1 aliphatic heterocycles. The normalized spacial score (nSPS) is 12.5. The topological polar surface area (TPSA) is 56.8 Å². The van der Waals surface area contributed by atoms with Crippen LogP contribution in [-0.4, -0.2) is 18.8 Å². The summed E-state index contributed by atoms with van der Waals surface area (Å²) in [5, 5.41) is 2.91. The molecule has 3 rings (SSSR count). The first-order chi connectivity index (χ1) is 11.6. The average molecular weight is 327 g/mol. The number of fused-ring (bicyclic) bond motifs is 1. The summed E-state index contributed by atoms with van der Waals surface area (Å²) >= 11 is 0. The highest BCUT2D eigenvalue weighted by molar-refractivity contribution is 5.94. The average Bonchev–Trinajstić information content (AvgIpc) is 3.06. The van der Waals surface area contributed by atoms with E-state index in [1.54, 1.807) is 18.2 Å². The van der Waals surface area contributed by atoms with Gasteiger partial charge in [-0.1, -0.05) is 24.3 Å². The van der Waals surface area contributed by atoms with E-state index < -0.39 is 0 Å². The molecule has 1 N–H and O–H groups in total. The predicted molar refractivity (Wildman–Crippen MR) is 90.1 cm³/mol. The van der Waals surface area contributed by atoms with Gasteiger partial charge in [-0.25, -0.2) is 0 Å². The van der Waals surface area contributed by atoms with E-state index in [-0.39, 0.29) is 18.8 Å². The van der Waals surface area contributed by atoms with Crippen molar-refractivity contribution in [3.05, 3.63) is 59.2 Å². The van der Waals surface area contributed by atoms with Crippen molar-refractivity contribution in [2.45, 2.75) is 33.1 Å². The summed E-state index contributed by atoms with van der Waals surface area (Å²) in [6, 6.07) is 13.2. The molecule has 0 aromatic heterocycles. The second-order valence-electron chi connectivity index (χ2n) is 5.93. The highest BCUT2D eigenvalue weighted by Gasteiger charge is 2.16. The number of amides is 1. The largest absolute Gasteiger partial charge is 0.454 e. The molecular weight excluding hydrogens is 306 g/mol. The van der Waals surface area contributed by atoms with E-state index in [2.05, 4.69) is 5.32 Å². The number of hydrogen-bond donors (Lipinski definition) is 1. The van der Waals surface area contributed by atoms with Crippen molar-refractivity contribution in [1.29, 1.82) is 0 Å². The Morgan fingerprint density at radius 1 is 1.08 bits per heavy atom. The Balaban J connectivity index is 1.54. The lowest BCUT2D eigenvalue weighted by Gasteiger charge is -2.09. The molecule has 0 fully saturated rings. The smallest absolute Gasteiger partial charge is 0.251 e. The van der Waals surface area contributed by atoms with Crippen molar-refractivity contribution in [2.24, 2.45) is 0 Å². The van der Waals surface area contributed by atoms with Crippen LogP contribution in [0.25, 0.3) is 0 Å². The van der Waals surface area contributed by atoms with Crippen LogP contribution in [0.4, 0.5) is 0 Å². The van der Waals surface area contributed by atoms with E-state index in [1.807, 2.05) is 38.1 Å². The van der Waals surface area contributed by atoms with Crippen LogP contribution in [0, 0.1) is 0 Å². The van der Waals surface area contributed by atoms with Crippen LogP contribution in [0.5, 0.6) is 11.5 Å². The highest BCUT2D eigenvalue weighted by atomic mass is 16.7. The lowest BCUT2D eigenvalue weighted by atomic mass is 10.1. The molecule has 0 unspecified atom stereocenters. The summed E-state index contributed by atoms with van der Waals surface area (Å²) in [7, 11) is 0. The minimum absolute atomic E-state index is 0.138. The van der Waals surface area contributed by atoms with Crippen LogP contribution < -0.4 is 14.8 Å². The molecule has 2 aromatic rings. The Labute approximate surface area is 141 Å². The molecule has 0 bridgehead atoms. The van der Waals surface area contributed by atoms with Crippen molar-refractivity contribution < 1.29 is 19.0 Å². The first kappa shape index (κ1) is 16.3. The van der Waals surface area contributed by atoms with Crippen molar-refractivity contribution >= 4 is 5.91 Å². The monoisotopic (exact) mass is 327 g/mol. The van der Waals surface area contributed by atoms with Gasteiger partial charge in [0, 0.05) is 12.1 Å². The lowest BCUT2D eigenvalue weighted by Crippen LogP contribution is -2.22. The van der Waals surface area contributed by atoms with Crippen LogP contribution in [0.3, 0.4) is 0 Å². The summed E-state index contributed by atoms with van der Waals surface area (Å²) in [4.78, 5) is 12.2. The lowest BCUT2D eigenvalue weighted by molar-refractivity contribution is 0.0657. The molecule has 0 spiro atoms. The number of ether oxygens (including phenoxy) is 3. The standard InChI is InChI=1S/C19H21NO4/c1-13(2)22-11-15-5-3-14(4-6-15)10-20-19(21)16-7-8-17-18(9-16)24-12-23-17/h3-9,13H,10-12H2,1-2H3,(H,20,21). The molecule has 0 radical (unpaired) electrons. The number of rotatable bonds is 6. The molecular formula is C19H21NO4. The maximum absolute atomic E-state index is 12.2. The zero-order chi connectivity index (χ0) is 16.9. The second kappa shape index (κ2) is 7.36. The summed E-state index contributed by atoms with van der Waals surface area (Å²) in [5.41, 5.74) is 2.72. The van der Waals surface area contributed by atoms with Gasteiger partial charge in [0.2, 0.25) is 6.79 Å². The van der Waals surface area contributed by atoms with Gasteiger partial charge in [0.25, 0.3) is 5.91 Å². The molecule has 0 aliphatic carbocycles. The number of nitrogens with one attached hydrogen (secondary N) is 1. The molecule has 2 aromatic carbocycles. The molecule has 126 valence electrons. The third-order valence-corrected chi connectivity index (χ3v) is 3.69. The number of carbonyl (C=O) groups is 1. The second-order valence-corrected chi connectivity index (χ2v) is 5.93. The van der Waals surface area contributed by atoms with Gasteiger partial charge in [-0.2, -0.15) is 0 Å². The van der Waals surface area contributed by atoms with Crippen LogP contribution in [0.2, 0.25) is 0 Å². The molecule has 5 nitrogen and oxygen atoms in total. The Morgan fingerprint density at radius 2 is 1.79 bits per heavy atom. The van der Waals surface area contributed by atoms with Gasteiger partial charge in [-0.05, 0) is 43.2 Å². The zero-order valence-electron chi connectivity index (χ0n) is 13.9. The van der Waals surface area contributed by atoms with Crippen LogP contribution in [0.1, 0.15) is 35.3 Å². The summed E-state index contributed by atoms with van der Waals surface area (Å²) < 4.78 is 16.1. The van der Waals surface area contributed by atoms with Gasteiger partial charge in [-0.15, -0.1) is 0 Å². The zero-order valence-corrected chi connectivity index (χ0v) is 13.9. The van der Waals surface area contributed by atoms with E-state index in [0.717, 1.165) is 11.1 Å². The molecule has 24 heavy (non-hydrogen) atoms. The highest BCUT2D eigenvalue weighted by Crippen LogP contribution is 2.32. The van der Waals surface area contributed by atoms with Crippen molar-refractivity contribution in [1.82, 2.24) is 5.32 Å². The third-order valence-electron chi connectivity index (χ3n) is 3.69. The molecule has 1 heterocycles. The maximum atomic E-state index is 12.2. The summed E-state index contributed by atoms with van der Waals surface area (Å²) in [5.74, 6) is 1.14. The van der Waals surface area contributed by atoms with Gasteiger partial charge in [0.1, 0.15) is 0 Å². The molecule has 5 heteroatoms. The number of hydrogen-bond acceptors (Lipinski definition) is 4. The fourth-order valence-electron chi connectivity index (χ4n) is 2.34. The number of carbonyl (C=O) groups excluding carboxylic acids is 1. The molecule has 0 atom stereocenters. The van der Waals surface area contributed by atoms with Crippen LogP contribution in [0.15, 0.2) is 42.5 Å². The minimum atomic E-state index is -0.138. The van der Waals surface area contributed by atoms with Crippen molar-refractivity contribution in [3.63, 3.8) is 0 Å². The molecule has 0 saturated heterocycles. The summed E-state index contributed by atoms with van der Waals surface area (Å²) in [6.45, 7) is 5.30. The third kappa shape index (κ3) is 4.06. The van der Waals surface area contributed by atoms with E-state index in [9.17, 15) is 4.79 Å². The van der Waals surface area contributed by atoms with Gasteiger partial charge >= 0.3 is 0 Å². The van der Waals surface area contributed by atoms with Gasteiger partial charge in [0.15, 0.2) is 11.5 Å². The van der Waals surface area contributed by atoms with Crippen molar-refractivity contribution in [3.8, 4) is 11.5 Å². The quantitative estimate of drug-likeness (QED) is 0.885. The Morgan fingerprint density at radius 3 is 2.54 bits per heavy atom.